The largest absolute Gasteiger partial charge is 0.444 e. The third-order valence-corrected chi connectivity index (χ3v) is 3.23. The molecule has 0 heterocycles. The summed E-state index contributed by atoms with van der Waals surface area (Å²) < 4.78 is 5.20. The van der Waals surface area contributed by atoms with Crippen LogP contribution in [-0.4, -0.2) is 24.8 Å². The van der Waals surface area contributed by atoms with E-state index < -0.39 is 5.60 Å². The summed E-state index contributed by atoms with van der Waals surface area (Å²) >= 11 is 0. The van der Waals surface area contributed by atoms with E-state index in [1.807, 2.05) is 20.8 Å². The molecule has 1 aliphatic rings. The van der Waals surface area contributed by atoms with Crippen molar-refractivity contribution in [1.82, 2.24) is 5.32 Å². The molecule has 1 amide bonds. The van der Waals surface area contributed by atoms with E-state index in [2.05, 4.69) is 15.3 Å². The van der Waals surface area contributed by atoms with Gasteiger partial charge in [0.15, 0.2) is 0 Å². The van der Waals surface area contributed by atoms with E-state index in [0.717, 1.165) is 25.7 Å². The molecule has 0 spiro atoms. The number of hydrogen-bond donors (Lipinski definition) is 1. The maximum atomic E-state index is 11.6. The van der Waals surface area contributed by atoms with Crippen molar-refractivity contribution >= 4 is 6.09 Å². The molecule has 1 saturated carbocycles. The van der Waals surface area contributed by atoms with Crippen molar-refractivity contribution in [2.75, 3.05) is 13.1 Å². The SMILES string of the molecule is CC(C)(C)OC(=O)NCC1CCCC(CN=[N+]=[N-])C1. The summed E-state index contributed by atoms with van der Waals surface area (Å²) in [4.78, 5) is 14.4. The Morgan fingerprint density at radius 1 is 1.42 bits per heavy atom. The van der Waals surface area contributed by atoms with E-state index in [1.54, 1.807) is 0 Å². The maximum Gasteiger partial charge on any atom is 0.407 e. The zero-order valence-electron chi connectivity index (χ0n) is 12.1. The molecule has 0 aromatic rings. The van der Waals surface area contributed by atoms with Gasteiger partial charge in [-0.15, -0.1) is 0 Å². The van der Waals surface area contributed by atoms with Crippen molar-refractivity contribution in [2.24, 2.45) is 17.0 Å². The van der Waals surface area contributed by atoms with Gasteiger partial charge in [-0.1, -0.05) is 18.0 Å². The lowest BCUT2D eigenvalue weighted by atomic mass is 9.81. The minimum Gasteiger partial charge on any atom is -0.444 e. The van der Waals surface area contributed by atoms with Gasteiger partial charge in [0, 0.05) is 18.0 Å². The first kappa shape index (κ1) is 15.6. The lowest BCUT2D eigenvalue weighted by Gasteiger charge is -2.28. The van der Waals surface area contributed by atoms with Crippen LogP contribution in [0.15, 0.2) is 5.11 Å². The predicted molar refractivity (Wildman–Crippen MR) is 73.7 cm³/mol. The minimum atomic E-state index is -0.458. The van der Waals surface area contributed by atoms with Crippen LogP contribution < -0.4 is 5.32 Å². The third kappa shape index (κ3) is 6.91. The topological polar surface area (TPSA) is 87.1 Å². The zero-order chi connectivity index (χ0) is 14.3. The number of ether oxygens (including phenoxy) is 1. The standard InChI is InChI=1S/C13H24N4O2/c1-13(2,3)19-12(18)15-8-10-5-4-6-11(7-10)9-16-17-14/h10-11H,4-9H2,1-3H3,(H,15,18). The lowest BCUT2D eigenvalue weighted by molar-refractivity contribution is 0.0512. The van der Waals surface area contributed by atoms with Gasteiger partial charge in [0.05, 0.1) is 0 Å². The zero-order valence-corrected chi connectivity index (χ0v) is 12.1. The summed E-state index contributed by atoms with van der Waals surface area (Å²) in [7, 11) is 0. The number of alkyl carbamates (subject to hydrolysis) is 1. The Hall–Kier alpha value is -1.42. The molecule has 0 aliphatic heterocycles. The quantitative estimate of drug-likeness (QED) is 0.479. The minimum absolute atomic E-state index is 0.357. The van der Waals surface area contributed by atoms with Crippen LogP contribution in [0.25, 0.3) is 10.4 Å². The first-order valence-electron chi connectivity index (χ1n) is 6.88. The second-order valence-electron chi connectivity index (χ2n) is 6.19. The average molecular weight is 268 g/mol. The molecule has 1 aliphatic carbocycles. The van der Waals surface area contributed by atoms with E-state index in [9.17, 15) is 4.79 Å². The predicted octanol–water partition coefficient (Wildman–Crippen LogP) is 3.63. The molecule has 0 radical (unpaired) electrons. The summed E-state index contributed by atoms with van der Waals surface area (Å²) in [5.74, 6) is 0.912. The number of azide groups is 1. The molecule has 6 nitrogen and oxygen atoms in total. The van der Waals surface area contributed by atoms with Gasteiger partial charge >= 0.3 is 6.09 Å². The summed E-state index contributed by atoms with van der Waals surface area (Å²) in [6, 6.07) is 0. The van der Waals surface area contributed by atoms with E-state index >= 15 is 0 Å². The molecule has 1 N–H and O–H groups in total. The molecule has 1 fully saturated rings. The fourth-order valence-corrected chi connectivity index (χ4v) is 2.45. The van der Waals surface area contributed by atoms with Crippen LogP contribution in [0.4, 0.5) is 4.79 Å². The fraction of sp³-hybridized carbons (Fsp3) is 0.923. The Balaban J connectivity index is 2.29. The van der Waals surface area contributed by atoms with Crippen molar-refractivity contribution in [3.8, 4) is 0 Å². The highest BCUT2D eigenvalue weighted by molar-refractivity contribution is 5.67. The van der Waals surface area contributed by atoms with Crippen molar-refractivity contribution in [2.45, 2.75) is 52.1 Å². The fourth-order valence-electron chi connectivity index (χ4n) is 2.45. The van der Waals surface area contributed by atoms with Gasteiger partial charge in [-0.05, 0) is 51.0 Å². The van der Waals surface area contributed by atoms with Crippen LogP contribution in [0.3, 0.4) is 0 Å². The number of nitrogens with one attached hydrogen (secondary N) is 1. The molecule has 6 heteroatoms. The summed E-state index contributed by atoms with van der Waals surface area (Å²) in [6.07, 6.45) is 4.01. The van der Waals surface area contributed by atoms with Crippen molar-refractivity contribution < 1.29 is 9.53 Å². The number of rotatable bonds is 4. The van der Waals surface area contributed by atoms with Gasteiger partial charge in [0.1, 0.15) is 5.60 Å². The molecule has 0 bridgehead atoms. The van der Waals surface area contributed by atoms with Gasteiger partial charge in [-0.2, -0.15) is 0 Å². The summed E-state index contributed by atoms with van der Waals surface area (Å²) in [5.41, 5.74) is 7.87. The number of amides is 1. The summed E-state index contributed by atoms with van der Waals surface area (Å²) in [5, 5.41) is 6.46. The van der Waals surface area contributed by atoms with Gasteiger partial charge in [0.25, 0.3) is 0 Å². The molecule has 19 heavy (non-hydrogen) atoms. The Morgan fingerprint density at radius 3 is 2.74 bits per heavy atom. The Morgan fingerprint density at radius 2 is 2.11 bits per heavy atom. The second-order valence-corrected chi connectivity index (χ2v) is 6.19. The monoisotopic (exact) mass is 268 g/mol. The molecule has 2 unspecified atom stereocenters. The molecule has 2 atom stereocenters. The highest BCUT2D eigenvalue weighted by atomic mass is 16.6. The lowest BCUT2D eigenvalue weighted by Crippen LogP contribution is -2.36. The molecule has 0 aromatic carbocycles. The van der Waals surface area contributed by atoms with E-state index in [1.165, 1.54) is 0 Å². The van der Waals surface area contributed by atoms with Crippen LogP contribution in [-0.2, 0) is 4.74 Å². The first-order valence-corrected chi connectivity index (χ1v) is 6.88. The maximum absolute atomic E-state index is 11.6. The molecular weight excluding hydrogens is 244 g/mol. The van der Waals surface area contributed by atoms with Gasteiger partial charge in [0.2, 0.25) is 0 Å². The number of nitrogens with zero attached hydrogens (tertiary/aromatic N) is 3. The van der Waals surface area contributed by atoms with Crippen molar-refractivity contribution in [3.63, 3.8) is 0 Å². The molecular formula is C13H24N4O2. The van der Waals surface area contributed by atoms with E-state index in [-0.39, 0.29) is 6.09 Å². The smallest absolute Gasteiger partial charge is 0.407 e. The average Bonchev–Trinajstić information content (AvgIpc) is 2.32. The molecule has 1 rings (SSSR count). The van der Waals surface area contributed by atoms with Gasteiger partial charge in [-0.3, -0.25) is 0 Å². The highest BCUT2D eigenvalue weighted by Crippen LogP contribution is 2.28. The molecule has 108 valence electrons. The van der Waals surface area contributed by atoms with Crippen LogP contribution in [0.2, 0.25) is 0 Å². The number of carbonyl (C=O) groups is 1. The Bertz CT molecular complexity index is 345. The van der Waals surface area contributed by atoms with E-state index in [0.29, 0.717) is 24.9 Å². The van der Waals surface area contributed by atoms with Gasteiger partial charge in [-0.25, -0.2) is 4.79 Å². The third-order valence-electron chi connectivity index (χ3n) is 3.23. The van der Waals surface area contributed by atoms with Crippen molar-refractivity contribution in [3.05, 3.63) is 10.4 Å². The Kier molecular flexibility index (Phi) is 5.96. The first-order chi connectivity index (χ1) is 8.90. The highest BCUT2D eigenvalue weighted by Gasteiger charge is 2.23. The number of carbonyl (C=O) groups excluding carboxylic acids is 1. The van der Waals surface area contributed by atoms with Gasteiger partial charge < -0.3 is 10.1 Å². The molecule has 0 aromatic heterocycles. The Labute approximate surface area is 114 Å². The second kappa shape index (κ2) is 7.24. The summed E-state index contributed by atoms with van der Waals surface area (Å²) in [6.45, 7) is 6.76. The normalized spacial score (nSPS) is 23.3. The number of hydrogen-bond acceptors (Lipinski definition) is 3. The van der Waals surface area contributed by atoms with Crippen LogP contribution in [0, 0.1) is 11.8 Å². The molecule has 0 saturated heterocycles. The van der Waals surface area contributed by atoms with E-state index in [4.69, 9.17) is 10.3 Å². The van der Waals surface area contributed by atoms with Crippen molar-refractivity contribution in [1.29, 1.82) is 0 Å². The van der Waals surface area contributed by atoms with Crippen LogP contribution >= 0.6 is 0 Å². The van der Waals surface area contributed by atoms with Crippen LogP contribution in [0.5, 0.6) is 0 Å². The van der Waals surface area contributed by atoms with Crippen LogP contribution in [0.1, 0.15) is 46.5 Å².